The van der Waals surface area contributed by atoms with Crippen molar-refractivity contribution in [1.82, 2.24) is 0 Å². The van der Waals surface area contributed by atoms with Gasteiger partial charge in [0.05, 0.1) is 18.6 Å². The van der Waals surface area contributed by atoms with Crippen molar-refractivity contribution in [3.8, 4) is 5.75 Å². The van der Waals surface area contributed by atoms with Crippen LogP contribution in [0.1, 0.15) is 6.42 Å². The average molecular weight is 293 g/mol. The van der Waals surface area contributed by atoms with E-state index in [-0.39, 0.29) is 23.3 Å². The number of rotatable bonds is 6. The van der Waals surface area contributed by atoms with Crippen molar-refractivity contribution in [3.63, 3.8) is 0 Å². The lowest BCUT2D eigenvalue weighted by atomic mass is 9.91. The third kappa shape index (κ3) is 3.55. The lowest BCUT2D eigenvalue weighted by Gasteiger charge is -2.40. The molecule has 106 valence electrons. The summed E-state index contributed by atoms with van der Waals surface area (Å²) < 4.78 is 41.8. The van der Waals surface area contributed by atoms with Crippen LogP contribution in [0.15, 0.2) is 18.2 Å². The van der Waals surface area contributed by atoms with Crippen LogP contribution in [0.2, 0.25) is 0 Å². The van der Waals surface area contributed by atoms with Crippen LogP contribution in [-0.2, 0) is 9.47 Å². The Morgan fingerprint density at radius 3 is 2.68 bits per heavy atom. The van der Waals surface area contributed by atoms with Crippen LogP contribution < -0.4 is 4.74 Å². The maximum Gasteiger partial charge on any atom is 0.162 e. The fourth-order valence-corrected chi connectivity index (χ4v) is 2.26. The highest BCUT2D eigenvalue weighted by atomic mass is 35.5. The van der Waals surface area contributed by atoms with Crippen molar-refractivity contribution in [2.24, 2.45) is 0 Å². The molecule has 0 heterocycles. The van der Waals surface area contributed by atoms with Crippen molar-refractivity contribution in [1.29, 1.82) is 0 Å². The fraction of sp³-hybridized carbons (Fsp3) is 0.538. The molecule has 6 heteroatoms. The standard InChI is InChI=1S/C13H15ClF2O3/c1-17-4-5-18-13-9(14)7-12(13)19-8-2-3-10(15)11(16)6-8/h2-3,6,9,12-13H,4-5,7H2,1H3. The van der Waals surface area contributed by atoms with Crippen molar-refractivity contribution < 1.29 is 23.0 Å². The lowest BCUT2D eigenvalue weighted by Crippen LogP contribution is -2.53. The number of alkyl halides is 1. The molecule has 0 saturated heterocycles. The summed E-state index contributed by atoms with van der Waals surface area (Å²) in [6.07, 6.45) is 0.104. The molecular formula is C13H15ClF2O3. The van der Waals surface area contributed by atoms with Gasteiger partial charge >= 0.3 is 0 Å². The Kier molecular flexibility index (Phi) is 4.96. The summed E-state index contributed by atoms with van der Waals surface area (Å²) >= 11 is 6.03. The maximum absolute atomic E-state index is 13.0. The molecule has 2 rings (SSSR count). The molecule has 1 aromatic carbocycles. The zero-order valence-electron chi connectivity index (χ0n) is 10.4. The minimum atomic E-state index is -0.934. The van der Waals surface area contributed by atoms with Gasteiger partial charge in [0.15, 0.2) is 11.6 Å². The van der Waals surface area contributed by atoms with Crippen molar-refractivity contribution in [2.75, 3.05) is 20.3 Å². The number of hydrogen-bond donors (Lipinski definition) is 0. The van der Waals surface area contributed by atoms with Crippen LogP contribution in [0.3, 0.4) is 0 Å². The number of hydrogen-bond acceptors (Lipinski definition) is 3. The highest BCUT2D eigenvalue weighted by Crippen LogP contribution is 2.33. The van der Waals surface area contributed by atoms with E-state index >= 15 is 0 Å². The Morgan fingerprint density at radius 1 is 1.26 bits per heavy atom. The van der Waals surface area contributed by atoms with Crippen LogP contribution >= 0.6 is 11.6 Å². The molecule has 19 heavy (non-hydrogen) atoms. The SMILES string of the molecule is COCCOC1C(Cl)CC1Oc1ccc(F)c(F)c1. The van der Waals surface area contributed by atoms with Gasteiger partial charge in [-0.05, 0) is 12.1 Å². The first-order valence-electron chi connectivity index (χ1n) is 5.98. The molecule has 1 saturated carbocycles. The molecule has 1 aromatic rings. The van der Waals surface area contributed by atoms with E-state index in [0.29, 0.717) is 19.6 Å². The van der Waals surface area contributed by atoms with Gasteiger partial charge in [0.25, 0.3) is 0 Å². The molecule has 3 unspecified atom stereocenters. The first-order valence-corrected chi connectivity index (χ1v) is 6.41. The van der Waals surface area contributed by atoms with Gasteiger partial charge in [0.2, 0.25) is 0 Å². The van der Waals surface area contributed by atoms with Gasteiger partial charge in [-0.25, -0.2) is 8.78 Å². The minimum Gasteiger partial charge on any atom is -0.487 e. The van der Waals surface area contributed by atoms with Gasteiger partial charge in [-0.2, -0.15) is 0 Å². The first-order chi connectivity index (χ1) is 9.11. The van der Waals surface area contributed by atoms with E-state index in [9.17, 15) is 8.78 Å². The molecule has 0 aromatic heterocycles. The van der Waals surface area contributed by atoms with Crippen LogP contribution in [0.25, 0.3) is 0 Å². The van der Waals surface area contributed by atoms with E-state index in [1.807, 2.05) is 0 Å². The summed E-state index contributed by atoms with van der Waals surface area (Å²) in [6.45, 7) is 0.889. The predicted octanol–water partition coefficient (Wildman–Crippen LogP) is 2.75. The van der Waals surface area contributed by atoms with E-state index in [1.165, 1.54) is 6.07 Å². The summed E-state index contributed by atoms with van der Waals surface area (Å²) in [5.74, 6) is -1.56. The molecule has 1 aliphatic carbocycles. The number of halogens is 3. The quantitative estimate of drug-likeness (QED) is 0.596. The second-order valence-electron chi connectivity index (χ2n) is 4.31. The van der Waals surface area contributed by atoms with E-state index in [1.54, 1.807) is 7.11 Å². The van der Waals surface area contributed by atoms with Gasteiger partial charge in [-0.3, -0.25) is 0 Å². The largest absolute Gasteiger partial charge is 0.487 e. The van der Waals surface area contributed by atoms with Crippen molar-refractivity contribution >= 4 is 11.6 Å². The molecule has 0 amide bonds. The van der Waals surface area contributed by atoms with Gasteiger partial charge in [0.1, 0.15) is 18.0 Å². The summed E-state index contributed by atoms with van der Waals surface area (Å²) in [5, 5.41) is -0.132. The maximum atomic E-state index is 13.0. The smallest absolute Gasteiger partial charge is 0.162 e. The molecule has 1 aliphatic rings. The van der Waals surface area contributed by atoms with Gasteiger partial charge in [0, 0.05) is 19.6 Å². The molecule has 0 N–H and O–H groups in total. The molecule has 0 spiro atoms. The van der Waals surface area contributed by atoms with Gasteiger partial charge in [-0.1, -0.05) is 0 Å². The minimum absolute atomic E-state index is 0.132. The van der Waals surface area contributed by atoms with E-state index in [0.717, 1.165) is 12.1 Å². The Balaban J connectivity index is 1.89. The van der Waals surface area contributed by atoms with Crippen molar-refractivity contribution in [3.05, 3.63) is 29.8 Å². The Bertz CT molecular complexity index is 430. The summed E-state index contributed by atoms with van der Waals surface area (Å²) in [5.41, 5.74) is 0. The van der Waals surface area contributed by atoms with E-state index in [4.69, 9.17) is 25.8 Å². The second kappa shape index (κ2) is 6.50. The van der Waals surface area contributed by atoms with Crippen LogP contribution in [0, 0.1) is 11.6 Å². The number of methoxy groups -OCH3 is 1. The zero-order chi connectivity index (χ0) is 13.8. The molecule has 3 atom stereocenters. The molecule has 0 aliphatic heterocycles. The highest BCUT2D eigenvalue weighted by molar-refractivity contribution is 6.21. The predicted molar refractivity (Wildman–Crippen MR) is 66.6 cm³/mol. The molecule has 1 fully saturated rings. The monoisotopic (exact) mass is 292 g/mol. The highest BCUT2D eigenvalue weighted by Gasteiger charge is 2.42. The molecular weight excluding hydrogens is 278 g/mol. The third-order valence-corrected chi connectivity index (χ3v) is 3.38. The van der Waals surface area contributed by atoms with E-state index < -0.39 is 11.6 Å². The third-order valence-electron chi connectivity index (χ3n) is 2.96. The fourth-order valence-electron chi connectivity index (χ4n) is 1.85. The van der Waals surface area contributed by atoms with E-state index in [2.05, 4.69) is 0 Å². The summed E-state index contributed by atoms with van der Waals surface area (Å²) in [6, 6.07) is 3.43. The first kappa shape index (κ1) is 14.5. The summed E-state index contributed by atoms with van der Waals surface area (Å²) in [7, 11) is 1.58. The summed E-state index contributed by atoms with van der Waals surface area (Å²) in [4.78, 5) is 0. The molecule has 0 radical (unpaired) electrons. The van der Waals surface area contributed by atoms with Crippen LogP contribution in [0.4, 0.5) is 8.78 Å². The second-order valence-corrected chi connectivity index (χ2v) is 4.87. The Labute approximate surface area is 115 Å². The van der Waals surface area contributed by atoms with Crippen LogP contribution in [0.5, 0.6) is 5.75 Å². The Morgan fingerprint density at radius 2 is 2.05 bits per heavy atom. The zero-order valence-corrected chi connectivity index (χ0v) is 11.2. The lowest BCUT2D eigenvalue weighted by molar-refractivity contribution is -0.0899. The topological polar surface area (TPSA) is 27.7 Å². The van der Waals surface area contributed by atoms with Gasteiger partial charge in [-0.15, -0.1) is 11.6 Å². The Hall–Kier alpha value is -0.910. The number of benzene rings is 1. The van der Waals surface area contributed by atoms with Crippen LogP contribution in [-0.4, -0.2) is 37.9 Å². The normalized spacial score (nSPS) is 26.0. The molecule has 3 nitrogen and oxygen atoms in total. The van der Waals surface area contributed by atoms with Crippen molar-refractivity contribution in [2.45, 2.75) is 24.0 Å². The number of ether oxygens (including phenoxy) is 3. The molecule has 0 bridgehead atoms. The van der Waals surface area contributed by atoms with Gasteiger partial charge < -0.3 is 14.2 Å². The average Bonchev–Trinajstić information content (AvgIpc) is 2.38.